The van der Waals surface area contributed by atoms with Gasteiger partial charge in [-0.3, -0.25) is 4.79 Å². The van der Waals surface area contributed by atoms with Crippen molar-refractivity contribution < 1.29 is 13.9 Å². The second kappa shape index (κ2) is 9.29. The van der Waals surface area contributed by atoms with Gasteiger partial charge in [-0.2, -0.15) is 5.10 Å². The van der Waals surface area contributed by atoms with E-state index < -0.39 is 0 Å². The molecule has 10 nitrogen and oxygen atoms in total. The van der Waals surface area contributed by atoms with Gasteiger partial charge in [0.2, 0.25) is 0 Å². The molecule has 0 saturated heterocycles. The lowest BCUT2D eigenvalue weighted by molar-refractivity contribution is -0.131. The Morgan fingerprint density at radius 2 is 1.97 bits per heavy atom. The first-order valence-corrected chi connectivity index (χ1v) is 11.9. The van der Waals surface area contributed by atoms with Crippen LogP contribution in [-0.4, -0.2) is 50.5 Å². The first-order valence-electron chi connectivity index (χ1n) is 11.9. The van der Waals surface area contributed by atoms with Crippen molar-refractivity contribution in [2.75, 3.05) is 19.0 Å². The average Bonchev–Trinajstić information content (AvgIpc) is 3.32. The Hall–Kier alpha value is -4.47. The predicted octanol–water partition coefficient (Wildman–Crippen LogP) is 4.07. The highest BCUT2D eigenvalue weighted by Crippen LogP contribution is 2.37. The van der Waals surface area contributed by atoms with E-state index in [4.69, 9.17) is 9.15 Å². The summed E-state index contributed by atoms with van der Waals surface area (Å²) in [5.74, 6) is 2.04. The molecule has 1 aliphatic heterocycles. The van der Waals surface area contributed by atoms with Gasteiger partial charge < -0.3 is 14.5 Å². The molecule has 1 saturated carbocycles. The Morgan fingerprint density at radius 3 is 2.72 bits per heavy atom. The molecule has 36 heavy (non-hydrogen) atoms. The third-order valence-electron chi connectivity index (χ3n) is 6.41. The van der Waals surface area contributed by atoms with Crippen molar-refractivity contribution in [1.82, 2.24) is 25.2 Å². The number of amides is 1. The number of ether oxygens (including phenoxy) is 1. The van der Waals surface area contributed by atoms with Crippen LogP contribution in [0.25, 0.3) is 11.4 Å². The highest BCUT2D eigenvalue weighted by atomic mass is 16.5. The van der Waals surface area contributed by atoms with Gasteiger partial charge in [-0.1, -0.05) is 12.1 Å². The summed E-state index contributed by atoms with van der Waals surface area (Å²) in [5, 5.41) is 21.6. The lowest BCUT2D eigenvalue weighted by atomic mass is 10.0. The van der Waals surface area contributed by atoms with Crippen molar-refractivity contribution in [2.24, 2.45) is 5.10 Å². The van der Waals surface area contributed by atoms with Gasteiger partial charge in [0.25, 0.3) is 5.91 Å². The number of nitrogens with one attached hydrogen (secondary N) is 1. The van der Waals surface area contributed by atoms with Crippen molar-refractivity contribution >= 4 is 17.3 Å². The maximum absolute atomic E-state index is 13.3. The number of tetrazole rings is 1. The van der Waals surface area contributed by atoms with Crippen molar-refractivity contribution in [3.63, 3.8) is 0 Å². The fourth-order valence-electron chi connectivity index (χ4n) is 4.38. The number of rotatable bonds is 8. The molecule has 2 aromatic carbocycles. The van der Waals surface area contributed by atoms with Crippen molar-refractivity contribution in [3.05, 3.63) is 78.3 Å². The Bertz CT molecular complexity index is 1390. The number of furan rings is 1. The maximum Gasteiger partial charge on any atom is 0.262 e. The summed E-state index contributed by atoms with van der Waals surface area (Å²) in [5.41, 5.74) is 3.47. The Labute approximate surface area is 207 Å². The zero-order valence-electron chi connectivity index (χ0n) is 19.7. The van der Waals surface area contributed by atoms with E-state index in [2.05, 4.69) is 25.9 Å². The summed E-state index contributed by atoms with van der Waals surface area (Å²) in [6, 6.07) is 19.2. The predicted molar refractivity (Wildman–Crippen MR) is 132 cm³/mol. The molecule has 3 heterocycles. The smallest absolute Gasteiger partial charge is 0.262 e. The van der Waals surface area contributed by atoms with E-state index in [0.29, 0.717) is 18.2 Å². The minimum Gasteiger partial charge on any atom is -0.497 e. The van der Waals surface area contributed by atoms with E-state index >= 15 is 0 Å². The molecule has 1 N–H and O–H groups in total. The summed E-state index contributed by atoms with van der Waals surface area (Å²) in [4.78, 5) is 13.3. The monoisotopic (exact) mass is 483 g/mol. The van der Waals surface area contributed by atoms with Crippen LogP contribution in [0.1, 0.15) is 42.7 Å². The molecule has 1 amide bonds. The van der Waals surface area contributed by atoms with Crippen LogP contribution in [-0.2, 0) is 4.79 Å². The lowest BCUT2D eigenvalue weighted by Crippen LogP contribution is -2.32. The van der Waals surface area contributed by atoms with Gasteiger partial charge in [-0.15, -0.1) is 5.10 Å². The molecule has 2 aromatic heterocycles. The molecule has 2 aliphatic rings. The van der Waals surface area contributed by atoms with Crippen LogP contribution in [0.2, 0.25) is 0 Å². The maximum atomic E-state index is 13.3. The summed E-state index contributed by atoms with van der Waals surface area (Å²) in [6.45, 7) is 0.0770. The van der Waals surface area contributed by atoms with Gasteiger partial charge in [0.1, 0.15) is 17.6 Å². The Balaban J connectivity index is 1.20. The molecular formula is C26H25N7O3. The molecule has 10 heteroatoms. The zero-order chi connectivity index (χ0) is 24.5. The summed E-state index contributed by atoms with van der Waals surface area (Å²) in [6.07, 6.45) is 4.36. The van der Waals surface area contributed by atoms with E-state index in [0.717, 1.165) is 46.9 Å². The molecule has 1 fully saturated rings. The van der Waals surface area contributed by atoms with Gasteiger partial charge in [-0.05, 0) is 77.4 Å². The number of hydrazone groups is 1. The van der Waals surface area contributed by atoms with E-state index in [1.807, 2.05) is 65.3 Å². The summed E-state index contributed by atoms with van der Waals surface area (Å²) < 4.78 is 12.8. The minimum atomic E-state index is -0.305. The molecule has 1 aliphatic carbocycles. The number of hydrogen-bond donors (Lipinski definition) is 1. The Morgan fingerprint density at radius 1 is 1.11 bits per heavy atom. The molecule has 1 atom stereocenters. The van der Waals surface area contributed by atoms with Gasteiger partial charge in [0.15, 0.2) is 5.82 Å². The van der Waals surface area contributed by atoms with Gasteiger partial charge in [0, 0.05) is 17.7 Å². The number of nitrogens with zero attached hydrogens (tertiary/aromatic N) is 6. The fourth-order valence-corrected chi connectivity index (χ4v) is 4.38. The first kappa shape index (κ1) is 22.0. The number of carbonyl (C=O) groups excluding carboxylic acids is 1. The van der Waals surface area contributed by atoms with Crippen LogP contribution in [0.4, 0.5) is 5.69 Å². The quantitative estimate of drug-likeness (QED) is 0.402. The normalized spacial score (nSPS) is 17.2. The molecule has 0 radical (unpaired) electrons. The van der Waals surface area contributed by atoms with Crippen LogP contribution in [0.15, 0.2) is 76.4 Å². The van der Waals surface area contributed by atoms with Gasteiger partial charge in [0.05, 0.1) is 31.7 Å². The third kappa shape index (κ3) is 4.33. The third-order valence-corrected chi connectivity index (χ3v) is 6.41. The van der Waals surface area contributed by atoms with E-state index in [9.17, 15) is 4.79 Å². The number of hydrogen-bond acceptors (Lipinski definition) is 8. The van der Waals surface area contributed by atoms with Gasteiger partial charge in [-0.25, -0.2) is 9.69 Å². The molecule has 0 spiro atoms. The largest absolute Gasteiger partial charge is 0.497 e. The SMILES string of the molecule is COc1ccc(C2=NN(C(=O)CNc3cccc(-c4nnnn4C4CC4)c3)C(c3ccco3)C2)cc1. The molecule has 4 aromatic rings. The molecule has 182 valence electrons. The Kier molecular flexibility index (Phi) is 5.68. The average molecular weight is 484 g/mol. The van der Waals surface area contributed by atoms with E-state index in [1.165, 1.54) is 5.01 Å². The zero-order valence-corrected chi connectivity index (χ0v) is 19.7. The number of aromatic nitrogens is 4. The number of carbonyl (C=O) groups is 1. The fraction of sp³-hybridized carbons (Fsp3) is 0.269. The van der Waals surface area contributed by atoms with Crippen LogP contribution < -0.4 is 10.1 Å². The molecule has 1 unspecified atom stereocenters. The first-order chi connectivity index (χ1) is 17.7. The van der Waals surface area contributed by atoms with Crippen molar-refractivity contribution in [3.8, 4) is 17.1 Å². The highest BCUT2D eigenvalue weighted by molar-refractivity contribution is 6.03. The van der Waals surface area contributed by atoms with Crippen LogP contribution in [0, 0.1) is 0 Å². The van der Waals surface area contributed by atoms with Crippen molar-refractivity contribution in [1.29, 1.82) is 0 Å². The minimum absolute atomic E-state index is 0.0770. The summed E-state index contributed by atoms with van der Waals surface area (Å²) >= 11 is 0. The van der Waals surface area contributed by atoms with E-state index in [1.54, 1.807) is 13.4 Å². The number of methoxy groups -OCH3 is 1. The number of benzene rings is 2. The lowest BCUT2D eigenvalue weighted by Gasteiger charge is -2.20. The second-order valence-electron chi connectivity index (χ2n) is 8.86. The van der Waals surface area contributed by atoms with Crippen molar-refractivity contribution in [2.45, 2.75) is 31.3 Å². The highest BCUT2D eigenvalue weighted by Gasteiger charge is 2.34. The second-order valence-corrected chi connectivity index (χ2v) is 8.86. The summed E-state index contributed by atoms with van der Waals surface area (Å²) in [7, 11) is 1.63. The topological polar surface area (TPSA) is 111 Å². The van der Waals surface area contributed by atoms with Gasteiger partial charge >= 0.3 is 0 Å². The van der Waals surface area contributed by atoms with E-state index in [-0.39, 0.29) is 18.5 Å². The molecule has 6 rings (SSSR count). The standard InChI is InChI=1S/C26H25N7O3/c1-35-21-11-7-17(8-12-21)22-15-23(24-6-3-13-36-24)33(29-22)25(34)16-27-19-5-2-4-18(14-19)26-28-30-31-32(26)20-9-10-20/h2-8,11-14,20,23,27H,9-10,15-16H2,1H3. The number of anilines is 1. The van der Waals surface area contributed by atoms with Crippen LogP contribution >= 0.6 is 0 Å². The molecule has 0 bridgehead atoms. The molecular weight excluding hydrogens is 458 g/mol. The van der Waals surface area contributed by atoms with Crippen LogP contribution in [0.3, 0.4) is 0 Å². The van der Waals surface area contributed by atoms with Crippen LogP contribution in [0.5, 0.6) is 5.75 Å².